The Labute approximate surface area is 330 Å². The van der Waals surface area contributed by atoms with Crippen LogP contribution < -0.4 is 10.6 Å². The number of hydrogen-bond acceptors (Lipinski definition) is 4. The number of rotatable bonds is 11. The number of unbranched alkanes of at least 4 members (excludes halogenated alkanes) is 2. The fourth-order valence-electron chi connectivity index (χ4n) is 8.41. The van der Waals surface area contributed by atoms with Gasteiger partial charge >= 0.3 is 12.1 Å². The van der Waals surface area contributed by atoms with Crippen LogP contribution in [0.5, 0.6) is 0 Å². The lowest BCUT2D eigenvalue weighted by molar-refractivity contribution is -0.135. The van der Waals surface area contributed by atoms with Crippen molar-refractivity contribution in [1.29, 1.82) is 0 Å². The standard InChI is InChI=1S/C23H35N3O2.C22H33N3O2/c1-2-3-7-19-10-12-21(13-11-19)24-23(28)26-15-6-14-25(16-17-26)22(27)18-20-8-4-5-9-20;1-2-3-7-18-10-12-20(13-11-18)23-22(27)25-15-6-14-24(16-17-25)21(26)19-8-4-5-9-19/h10-13,20H,2-9,14-18H2,1H3,(H,24,28);10-13,19H,2-9,14-17H2,1H3,(H,23,27). The van der Waals surface area contributed by atoms with Gasteiger partial charge in [-0.1, -0.05) is 76.6 Å². The van der Waals surface area contributed by atoms with Gasteiger partial charge in [-0.25, -0.2) is 9.59 Å². The highest BCUT2D eigenvalue weighted by molar-refractivity contribution is 5.90. The summed E-state index contributed by atoms with van der Waals surface area (Å²) in [4.78, 5) is 58.1. The molecule has 2 aliphatic carbocycles. The second-order valence-electron chi connectivity index (χ2n) is 16.2. The number of hydrogen-bond donors (Lipinski definition) is 2. The molecule has 2 N–H and O–H groups in total. The van der Waals surface area contributed by atoms with E-state index in [1.807, 2.05) is 43.9 Å². The fraction of sp³-hybridized carbons (Fsp3) is 0.644. The molecule has 0 unspecified atom stereocenters. The highest BCUT2D eigenvalue weighted by Crippen LogP contribution is 2.29. The van der Waals surface area contributed by atoms with Gasteiger partial charge in [0, 0.05) is 76.1 Å². The maximum Gasteiger partial charge on any atom is 0.321 e. The van der Waals surface area contributed by atoms with Gasteiger partial charge in [0.25, 0.3) is 0 Å². The summed E-state index contributed by atoms with van der Waals surface area (Å²) in [6, 6.07) is 16.2. The zero-order valence-corrected chi connectivity index (χ0v) is 33.9. The minimum atomic E-state index is -0.0635. The van der Waals surface area contributed by atoms with Crippen LogP contribution in [0.25, 0.3) is 0 Å². The smallest absolute Gasteiger partial charge is 0.321 e. The maximum absolute atomic E-state index is 12.6. The van der Waals surface area contributed by atoms with Gasteiger partial charge in [-0.05, 0) is 106 Å². The largest absolute Gasteiger partial charge is 0.341 e. The monoisotopic (exact) mass is 757 g/mol. The molecule has 2 aromatic rings. The third kappa shape index (κ3) is 13.6. The number of amides is 6. The average molecular weight is 757 g/mol. The summed E-state index contributed by atoms with van der Waals surface area (Å²) >= 11 is 0. The molecule has 10 nitrogen and oxygen atoms in total. The van der Waals surface area contributed by atoms with Crippen LogP contribution in [-0.2, 0) is 22.4 Å². The normalized spacial score (nSPS) is 18.3. The molecule has 0 aromatic heterocycles. The van der Waals surface area contributed by atoms with Gasteiger partial charge in [0.15, 0.2) is 0 Å². The number of nitrogens with zero attached hydrogens (tertiary/aromatic N) is 4. The zero-order valence-electron chi connectivity index (χ0n) is 33.9. The highest BCUT2D eigenvalue weighted by Gasteiger charge is 2.29. The Morgan fingerprint density at radius 2 is 0.945 bits per heavy atom. The van der Waals surface area contributed by atoms with E-state index in [4.69, 9.17) is 0 Å². The van der Waals surface area contributed by atoms with Gasteiger partial charge < -0.3 is 30.2 Å². The number of carbonyl (C=O) groups excluding carboxylic acids is 4. The van der Waals surface area contributed by atoms with Crippen molar-refractivity contribution < 1.29 is 19.2 Å². The molecule has 2 saturated heterocycles. The topological polar surface area (TPSA) is 105 Å². The van der Waals surface area contributed by atoms with Gasteiger partial charge in [-0.2, -0.15) is 0 Å². The molecule has 302 valence electrons. The molecule has 0 bridgehead atoms. The van der Waals surface area contributed by atoms with Crippen LogP contribution in [0, 0.1) is 11.8 Å². The van der Waals surface area contributed by atoms with Crippen LogP contribution in [-0.4, -0.2) is 95.8 Å². The minimum absolute atomic E-state index is 0.0635. The lowest BCUT2D eigenvalue weighted by Crippen LogP contribution is -2.40. The first kappa shape index (κ1) is 42.1. The van der Waals surface area contributed by atoms with E-state index in [9.17, 15) is 19.2 Å². The summed E-state index contributed by atoms with van der Waals surface area (Å²) in [5.41, 5.74) is 4.30. The van der Waals surface area contributed by atoms with Crippen molar-refractivity contribution in [3.63, 3.8) is 0 Å². The van der Waals surface area contributed by atoms with Gasteiger partial charge in [-0.15, -0.1) is 0 Å². The van der Waals surface area contributed by atoms with Gasteiger partial charge in [-0.3, -0.25) is 9.59 Å². The van der Waals surface area contributed by atoms with Gasteiger partial charge in [0.2, 0.25) is 11.8 Å². The first-order chi connectivity index (χ1) is 26.8. The molecule has 4 fully saturated rings. The van der Waals surface area contributed by atoms with E-state index in [-0.39, 0.29) is 23.9 Å². The second-order valence-corrected chi connectivity index (χ2v) is 16.2. The van der Waals surface area contributed by atoms with Gasteiger partial charge in [0.05, 0.1) is 0 Å². The Morgan fingerprint density at radius 1 is 0.527 bits per heavy atom. The molecule has 0 radical (unpaired) electrons. The van der Waals surface area contributed by atoms with Crippen molar-refractivity contribution in [3.8, 4) is 0 Å². The van der Waals surface area contributed by atoms with Crippen molar-refractivity contribution in [3.05, 3.63) is 59.7 Å². The summed E-state index contributed by atoms with van der Waals surface area (Å²) < 4.78 is 0. The minimum Gasteiger partial charge on any atom is -0.341 e. The Kier molecular flexibility index (Phi) is 17.2. The zero-order chi connectivity index (χ0) is 38.8. The van der Waals surface area contributed by atoms with Crippen LogP contribution in [0.15, 0.2) is 48.5 Å². The Hall–Kier alpha value is -4.08. The summed E-state index contributed by atoms with van der Waals surface area (Å²) in [5, 5.41) is 6.01. The molecule has 2 saturated carbocycles. The third-order valence-electron chi connectivity index (χ3n) is 11.9. The Morgan fingerprint density at radius 3 is 1.44 bits per heavy atom. The molecule has 0 atom stereocenters. The molecular formula is C45H68N6O4. The molecule has 2 aromatic carbocycles. The van der Waals surface area contributed by atoms with E-state index in [1.165, 1.54) is 75.3 Å². The molecular weight excluding hydrogens is 689 g/mol. The van der Waals surface area contributed by atoms with Crippen molar-refractivity contribution in [1.82, 2.24) is 19.6 Å². The lowest BCUT2D eigenvalue weighted by atomic mass is 10.0. The number of anilines is 2. The molecule has 2 aliphatic heterocycles. The molecule has 10 heteroatoms. The first-order valence-corrected chi connectivity index (χ1v) is 21.7. The van der Waals surface area contributed by atoms with E-state index in [0.717, 1.165) is 63.0 Å². The van der Waals surface area contributed by atoms with Crippen LogP contribution in [0.3, 0.4) is 0 Å². The van der Waals surface area contributed by atoms with Crippen molar-refractivity contribution in [2.24, 2.45) is 11.8 Å². The van der Waals surface area contributed by atoms with Crippen LogP contribution >= 0.6 is 0 Å². The number of urea groups is 2. The summed E-state index contributed by atoms with van der Waals surface area (Å²) in [6.07, 6.45) is 18.7. The Balaban J connectivity index is 0.000000211. The molecule has 6 amide bonds. The van der Waals surface area contributed by atoms with E-state index < -0.39 is 0 Å². The molecule has 2 heterocycles. The van der Waals surface area contributed by atoms with Gasteiger partial charge in [0.1, 0.15) is 0 Å². The van der Waals surface area contributed by atoms with E-state index >= 15 is 0 Å². The number of aryl methyl sites for hydroxylation is 2. The second kappa shape index (κ2) is 22.5. The predicted molar refractivity (Wildman–Crippen MR) is 222 cm³/mol. The van der Waals surface area contributed by atoms with E-state index in [2.05, 4.69) is 48.7 Å². The average Bonchev–Trinajstić information content (AvgIpc) is 3.81. The van der Waals surface area contributed by atoms with Crippen LogP contribution in [0.1, 0.15) is 121 Å². The third-order valence-corrected chi connectivity index (χ3v) is 11.9. The lowest BCUT2D eigenvalue weighted by Gasteiger charge is -2.24. The first-order valence-electron chi connectivity index (χ1n) is 21.7. The van der Waals surface area contributed by atoms with Crippen molar-refractivity contribution in [2.45, 2.75) is 123 Å². The quantitative estimate of drug-likeness (QED) is 0.239. The van der Waals surface area contributed by atoms with Crippen molar-refractivity contribution >= 4 is 35.3 Å². The van der Waals surface area contributed by atoms with E-state index in [1.54, 1.807) is 0 Å². The van der Waals surface area contributed by atoms with Crippen LogP contribution in [0.4, 0.5) is 21.0 Å². The van der Waals surface area contributed by atoms with Crippen molar-refractivity contribution in [2.75, 3.05) is 63.0 Å². The molecule has 4 aliphatic rings. The summed E-state index contributed by atoms with van der Waals surface area (Å²) in [6.45, 7) is 9.84. The molecule has 6 rings (SSSR count). The SMILES string of the molecule is CCCCc1ccc(NC(=O)N2CCCN(C(=O)C3CCCC3)CC2)cc1.CCCCc1ccc(NC(=O)N2CCCN(C(=O)CC3CCCC3)CC2)cc1. The summed E-state index contributed by atoms with van der Waals surface area (Å²) in [7, 11) is 0. The molecule has 55 heavy (non-hydrogen) atoms. The predicted octanol–water partition coefficient (Wildman–Crippen LogP) is 8.96. The Bertz CT molecular complexity index is 1490. The van der Waals surface area contributed by atoms with Crippen LogP contribution in [0.2, 0.25) is 0 Å². The highest BCUT2D eigenvalue weighted by atomic mass is 16.2. The fourth-order valence-corrected chi connectivity index (χ4v) is 8.41. The maximum atomic E-state index is 12.6. The molecule has 0 spiro atoms. The number of nitrogens with one attached hydrogen (secondary N) is 2. The van der Waals surface area contributed by atoms with E-state index in [0.29, 0.717) is 57.5 Å². The summed E-state index contributed by atoms with van der Waals surface area (Å²) in [5.74, 6) is 1.38. The number of carbonyl (C=O) groups is 4. The number of benzene rings is 2.